The van der Waals surface area contributed by atoms with E-state index in [9.17, 15) is 4.79 Å². The van der Waals surface area contributed by atoms with Crippen molar-refractivity contribution in [1.82, 2.24) is 5.48 Å². The summed E-state index contributed by atoms with van der Waals surface area (Å²) in [5.41, 5.74) is 2.59. The third-order valence-electron chi connectivity index (χ3n) is 3.24. The number of aliphatic imine (C=N–C) groups is 1. The second-order valence-corrected chi connectivity index (χ2v) is 4.70. The van der Waals surface area contributed by atoms with Crippen LogP contribution in [0.4, 0.5) is 5.69 Å². The molecule has 0 atom stereocenters. The smallest absolute Gasteiger partial charge is 0.292 e. The molecule has 0 aliphatic heterocycles. The summed E-state index contributed by atoms with van der Waals surface area (Å²) in [5, 5.41) is 11.8. The Kier molecular flexibility index (Phi) is 4.92. The molecule has 0 aromatic heterocycles. The molecule has 0 bridgehead atoms. The number of nitrogens with zero attached hydrogens (tertiary/aromatic N) is 1. The number of carbonyl (C=O) groups is 1. The van der Waals surface area contributed by atoms with E-state index in [1.165, 1.54) is 6.42 Å². The van der Waals surface area contributed by atoms with Crippen LogP contribution in [0.15, 0.2) is 35.3 Å². The molecule has 0 saturated heterocycles. The molecular formula is C14H19N3O2. The summed E-state index contributed by atoms with van der Waals surface area (Å²) >= 11 is 0. The lowest BCUT2D eigenvalue weighted by atomic mass is 9.96. The van der Waals surface area contributed by atoms with Crippen LogP contribution in [0.5, 0.6) is 0 Å². The zero-order chi connectivity index (χ0) is 13.5. The van der Waals surface area contributed by atoms with Gasteiger partial charge in [0.1, 0.15) is 0 Å². The SMILES string of the molecule is O=C(Nc1ccccc1)C(=NC1CCCCC1)NO. The maximum Gasteiger partial charge on any atom is 0.292 e. The van der Waals surface area contributed by atoms with E-state index in [4.69, 9.17) is 5.21 Å². The third kappa shape index (κ3) is 4.06. The number of hydrogen-bond acceptors (Lipinski definition) is 3. The highest BCUT2D eigenvalue weighted by molar-refractivity contribution is 6.41. The fraction of sp³-hybridized carbons (Fsp3) is 0.429. The van der Waals surface area contributed by atoms with Gasteiger partial charge in [0.15, 0.2) is 0 Å². The van der Waals surface area contributed by atoms with Crippen molar-refractivity contribution in [2.75, 3.05) is 5.32 Å². The third-order valence-corrected chi connectivity index (χ3v) is 3.24. The van der Waals surface area contributed by atoms with Gasteiger partial charge in [-0.1, -0.05) is 37.5 Å². The average Bonchev–Trinajstić information content (AvgIpc) is 2.47. The van der Waals surface area contributed by atoms with Gasteiger partial charge in [-0.05, 0) is 25.0 Å². The van der Waals surface area contributed by atoms with E-state index in [0.29, 0.717) is 5.69 Å². The number of para-hydroxylation sites is 1. The maximum absolute atomic E-state index is 12.0. The quantitative estimate of drug-likeness (QED) is 0.434. The van der Waals surface area contributed by atoms with Crippen molar-refractivity contribution in [2.45, 2.75) is 38.1 Å². The average molecular weight is 261 g/mol. The van der Waals surface area contributed by atoms with Gasteiger partial charge in [0.05, 0.1) is 6.04 Å². The topological polar surface area (TPSA) is 73.7 Å². The number of amidine groups is 1. The number of hydrogen-bond donors (Lipinski definition) is 3. The summed E-state index contributed by atoms with van der Waals surface area (Å²) in [5.74, 6) is -0.435. The molecule has 1 aromatic rings. The number of benzene rings is 1. The molecule has 0 unspecified atom stereocenters. The molecule has 2 rings (SSSR count). The first-order chi connectivity index (χ1) is 9.29. The van der Waals surface area contributed by atoms with Crippen LogP contribution >= 0.6 is 0 Å². The minimum atomic E-state index is -0.417. The number of anilines is 1. The lowest BCUT2D eigenvalue weighted by molar-refractivity contribution is -0.110. The lowest BCUT2D eigenvalue weighted by Gasteiger charge is -2.18. The van der Waals surface area contributed by atoms with Crippen LogP contribution in [0.25, 0.3) is 0 Å². The van der Waals surface area contributed by atoms with Crippen molar-refractivity contribution in [2.24, 2.45) is 4.99 Å². The van der Waals surface area contributed by atoms with E-state index in [1.54, 1.807) is 12.1 Å². The summed E-state index contributed by atoms with van der Waals surface area (Å²) in [6.45, 7) is 0. The summed E-state index contributed by atoms with van der Waals surface area (Å²) in [6.07, 6.45) is 5.44. The highest BCUT2D eigenvalue weighted by atomic mass is 16.5. The Balaban J connectivity index is 2.00. The molecule has 1 fully saturated rings. The summed E-state index contributed by atoms with van der Waals surface area (Å²) in [6, 6.07) is 9.24. The Morgan fingerprint density at radius 3 is 2.47 bits per heavy atom. The zero-order valence-corrected chi connectivity index (χ0v) is 10.8. The molecule has 3 N–H and O–H groups in total. The molecule has 1 aliphatic carbocycles. The lowest BCUT2D eigenvalue weighted by Crippen LogP contribution is -2.35. The van der Waals surface area contributed by atoms with Crippen LogP contribution < -0.4 is 10.8 Å². The Bertz CT molecular complexity index is 439. The number of amides is 1. The van der Waals surface area contributed by atoms with Crippen LogP contribution in [-0.4, -0.2) is 23.0 Å². The Morgan fingerprint density at radius 2 is 1.84 bits per heavy atom. The van der Waals surface area contributed by atoms with E-state index < -0.39 is 5.91 Å². The van der Waals surface area contributed by atoms with Crippen molar-refractivity contribution in [3.05, 3.63) is 30.3 Å². The van der Waals surface area contributed by atoms with Gasteiger partial charge in [-0.2, -0.15) is 0 Å². The van der Waals surface area contributed by atoms with Gasteiger partial charge in [-0.25, -0.2) is 5.48 Å². The number of hydroxylamine groups is 1. The van der Waals surface area contributed by atoms with E-state index in [2.05, 4.69) is 10.3 Å². The molecule has 1 amide bonds. The van der Waals surface area contributed by atoms with Crippen molar-refractivity contribution >= 4 is 17.4 Å². The van der Waals surface area contributed by atoms with Gasteiger partial charge in [0.2, 0.25) is 5.84 Å². The predicted molar refractivity (Wildman–Crippen MR) is 74.3 cm³/mol. The van der Waals surface area contributed by atoms with Crippen LogP contribution in [0.2, 0.25) is 0 Å². The Labute approximate surface area is 112 Å². The van der Waals surface area contributed by atoms with E-state index in [1.807, 2.05) is 23.7 Å². The molecule has 1 aromatic carbocycles. The van der Waals surface area contributed by atoms with Crippen molar-refractivity contribution < 1.29 is 10.0 Å². The molecule has 0 spiro atoms. The van der Waals surface area contributed by atoms with Gasteiger partial charge in [-0.3, -0.25) is 15.0 Å². The predicted octanol–water partition coefficient (Wildman–Crippen LogP) is 2.34. The van der Waals surface area contributed by atoms with Crippen molar-refractivity contribution in [1.29, 1.82) is 0 Å². The molecule has 0 heterocycles. The molecule has 5 heteroatoms. The molecular weight excluding hydrogens is 242 g/mol. The van der Waals surface area contributed by atoms with Gasteiger partial charge in [0, 0.05) is 5.69 Å². The van der Waals surface area contributed by atoms with Crippen LogP contribution in [-0.2, 0) is 4.79 Å². The summed E-state index contributed by atoms with van der Waals surface area (Å²) in [7, 11) is 0. The molecule has 0 radical (unpaired) electrons. The number of carbonyl (C=O) groups excluding carboxylic acids is 1. The van der Waals surface area contributed by atoms with Crippen LogP contribution in [0.1, 0.15) is 32.1 Å². The monoisotopic (exact) mass is 261 g/mol. The minimum absolute atomic E-state index is 0.0178. The van der Waals surface area contributed by atoms with Gasteiger partial charge < -0.3 is 5.32 Å². The van der Waals surface area contributed by atoms with Crippen molar-refractivity contribution in [3.8, 4) is 0 Å². The largest absolute Gasteiger partial charge is 0.319 e. The maximum atomic E-state index is 12.0. The van der Waals surface area contributed by atoms with E-state index in [-0.39, 0.29) is 11.9 Å². The first-order valence-corrected chi connectivity index (χ1v) is 6.64. The second kappa shape index (κ2) is 6.89. The fourth-order valence-corrected chi connectivity index (χ4v) is 2.24. The summed E-state index contributed by atoms with van der Waals surface area (Å²) < 4.78 is 0. The summed E-state index contributed by atoms with van der Waals surface area (Å²) in [4.78, 5) is 16.2. The normalized spacial score (nSPS) is 17.0. The van der Waals surface area contributed by atoms with E-state index in [0.717, 1.165) is 25.7 Å². The highest BCUT2D eigenvalue weighted by Crippen LogP contribution is 2.20. The molecule has 1 saturated carbocycles. The van der Waals surface area contributed by atoms with E-state index >= 15 is 0 Å². The number of nitrogens with one attached hydrogen (secondary N) is 2. The van der Waals surface area contributed by atoms with Crippen LogP contribution in [0, 0.1) is 0 Å². The number of rotatable bonds is 2. The molecule has 5 nitrogen and oxygen atoms in total. The minimum Gasteiger partial charge on any atom is -0.319 e. The first kappa shape index (κ1) is 13.5. The highest BCUT2D eigenvalue weighted by Gasteiger charge is 2.17. The van der Waals surface area contributed by atoms with Gasteiger partial charge >= 0.3 is 0 Å². The first-order valence-electron chi connectivity index (χ1n) is 6.64. The van der Waals surface area contributed by atoms with Crippen molar-refractivity contribution in [3.63, 3.8) is 0 Å². The zero-order valence-electron chi connectivity index (χ0n) is 10.8. The van der Waals surface area contributed by atoms with Gasteiger partial charge in [-0.15, -0.1) is 0 Å². The molecule has 102 valence electrons. The fourth-order valence-electron chi connectivity index (χ4n) is 2.24. The van der Waals surface area contributed by atoms with Gasteiger partial charge in [0.25, 0.3) is 5.91 Å². The molecule has 1 aliphatic rings. The standard InChI is InChI=1S/C14H19N3O2/c18-14(16-12-9-5-2-6-10-12)13(17-19)15-11-7-3-1-4-8-11/h2,5-6,9-11,19H,1,3-4,7-8H2,(H,15,17)(H,16,18). The van der Waals surface area contributed by atoms with Crippen LogP contribution in [0.3, 0.4) is 0 Å². The second-order valence-electron chi connectivity index (χ2n) is 4.70. The molecule has 19 heavy (non-hydrogen) atoms. The Hall–Kier alpha value is -1.88. The Morgan fingerprint density at radius 1 is 1.16 bits per heavy atom.